The van der Waals surface area contributed by atoms with Crippen molar-refractivity contribution >= 4 is 34.7 Å². The number of thiophene rings is 1. The molecule has 0 unspecified atom stereocenters. The fourth-order valence-electron chi connectivity index (χ4n) is 2.42. The quantitative estimate of drug-likeness (QED) is 0.565. The Labute approximate surface area is 146 Å². The fraction of sp³-hybridized carbons (Fsp3) is 0.250. The van der Waals surface area contributed by atoms with Crippen molar-refractivity contribution in [2.45, 2.75) is 29.8 Å². The molecule has 0 atom stereocenters. The highest BCUT2D eigenvalue weighted by Gasteiger charge is 2.30. The summed E-state index contributed by atoms with van der Waals surface area (Å²) in [6.45, 7) is 0. The van der Waals surface area contributed by atoms with E-state index in [-0.39, 0.29) is 5.82 Å². The predicted octanol–water partition coefficient (Wildman–Crippen LogP) is 5.43. The minimum absolute atomic E-state index is 0.277. The highest BCUT2D eigenvalue weighted by molar-refractivity contribution is 7.98. The molecular formula is C16H13ClFN3S2. The van der Waals surface area contributed by atoms with Crippen LogP contribution in [0.4, 0.5) is 4.39 Å². The number of hydrogen-bond donors (Lipinski definition) is 0. The largest absolute Gasteiger partial charge is 0.298 e. The normalized spacial score (nSPS) is 14.3. The van der Waals surface area contributed by atoms with Gasteiger partial charge in [0.2, 0.25) is 0 Å². The van der Waals surface area contributed by atoms with Crippen LogP contribution in [-0.4, -0.2) is 14.8 Å². The number of thioether (sulfide) groups is 1. The summed E-state index contributed by atoms with van der Waals surface area (Å²) in [7, 11) is 0. The molecular weight excluding hydrogens is 353 g/mol. The summed E-state index contributed by atoms with van der Waals surface area (Å²) in [4.78, 5) is 1.11. The van der Waals surface area contributed by atoms with Crippen LogP contribution in [0.2, 0.25) is 5.02 Å². The first-order valence-corrected chi connectivity index (χ1v) is 9.53. The van der Waals surface area contributed by atoms with Gasteiger partial charge in [-0.05, 0) is 36.4 Å². The maximum atomic E-state index is 13.9. The van der Waals surface area contributed by atoms with Gasteiger partial charge in [-0.25, -0.2) is 4.39 Å². The van der Waals surface area contributed by atoms with Crippen molar-refractivity contribution in [3.8, 4) is 10.7 Å². The highest BCUT2D eigenvalue weighted by atomic mass is 35.5. The number of benzene rings is 1. The van der Waals surface area contributed by atoms with Gasteiger partial charge < -0.3 is 0 Å². The summed E-state index contributed by atoms with van der Waals surface area (Å²) < 4.78 is 16.1. The first-order valence-electron chi connectivity index (χ1n) is 7.28. The molecule has 1 fully saturated rings. The Bertz CT molecular complexity index is 808. The number of nitrogens with zero attached hydrogens (tertiary/aromatic N) is 3. The summed E-state index contributed by atoms with van der Waals surface area (Å²) in [5.41, 5.74) is 0.516. The minimum atomic E-state index is -0.277. The topological polar surface area (TPSA) is 30.7 Å². The van der Waals surface area contributed by atoms with Gasteiger partial charge in [-0.3, -0.25) is 4.57 Å². The van der Waals surface area contributed by atoms with Gasteiger partial charge in [-0.15, -0.1) is 21.5 Å². The molecule has 1 aliphatic rings. The zero-order valence-corrected chi connectivity index (χ0v) is 14.5. The average molecular weight is 366 g/mol. The van der Waals surface area contributed by atoms with E-state index in [9.17, 15) is 4.39 Å². The zero-order valence-electron chi connectivity index (χ0n) is 12.1. The van der Waals surface area contributed by atoms with Gasteiger partial charge in [0.05, 0.1) is 4.88 Å². The zero-order chi connectivity index (χ0) is 15.8. The van der Waals surface area contributed by atoms with Crippen LogP contribution in [0.5, 0.6) is 0 Å². The molecule has 7 heteroatoms. The molecule has 0 bridgehead atoms. The van der Waals surface area contributed by atoms with Crippen LogP contribution in [0.1, 0.15) is 24.4 Å². The summed E-state index contributed by atoms with van der Waals surface area (Å²) >= 11 is 9.24. The molecule has 0 spiro atoms. The van der Waals surface area contributed by atoms with Crippen LogP contribution in [0.25, 0.3) is 10.7 Å². The summed E-state index contributed by atoms with van der Waals surface area (Å²) in [6.07, 6.45) is 2.29. The van der Waals surface area contributed by atoms with Crippen LogP contribution in [-0.2, 0) is 5.75 Å². The summed E-state index contributed by atoms with van der Waals surface area (Å²) in [5.74, 6) is 1.08. The van der Waals surface area contributed by atoms with E-state index < -0.39 is 0 Å². The van der Waals surface area contributed by atoms with Crippen LogP contribution < -0.4 is 0 Å². The number of aromatic nitrogens is 3. The second-order valence-corrected chi connectivity index (χ2v) is 7.67. The first kappa shape index (κ1) is 15.2. The third-order valence-corrected chi connectivity index (χ3v) is 5.91. The lowest BCUT2D eigenvalue weighted by Crippen LogP contribution is -1.99. The SMILES string of the molecule is Fc1cccc(Cl)c1CSc1nnc(-c2cccs2)n1C1CC1. The average Bonchev–Trinajstić information content (AvgIpc) is 3.07. The lowest BCUT2D eigenvalue weighted by atomic mass is 10.2. The van der Waals surface area contributed by atoms with Gasteiger partial charge in [-0.1, -0.05) is 35.5 Å². The molecule has 4 rings (SSSR count). The van der Waals surface area contributed by atoms with Crippen LogP contribution in [0, 0.1) is 5.82 Å². The minimum Gasteiger partial charge on any atom is -0.298 e. The van der Waals surface area contributed by atoms with Crippen molar-refractivity contribution in [1.29, 1.82) is 0 Å². The van der Waals surface area contributed by atoms with E-state index in [1.54, 1.807) is 23.5 Å². The van der Waals surface area contributed by atoms with Crippen molar-refractivity contribution in [3.63, 3.8) is 0 Å². The standard InChI is InChI=1S/C16H13ClFN3S2/c17-12-3-1-4-13(18)11(12)9-23-16-20-19-15(14-5-2-8-22-14)21(16)10-6-7-10/h1-5,8,10H,6-7,9H2. The molecule has 0 aliphatic heterocycles. The Hall–Kier alpha value is -1.37. The molecule has 2 aromatic heterocycles. The second-order valence-electron chi connectivity index (χ2n) is 5.37. The van der Waals surface area contributed by atoms with Gasteiger partial charge in [0.1, 0.15) is 5.82 Å². The maximum absolute atomic E-state index is 13.9. The smallest absolute Gasteiger partial charge is 0.192 e. The van der Waals surface area contributed by atoms with Crippen molar-refractivity contribution in [3.05, 3.63) is 52.1 Å². The highest BCUT2D eigenvalue weighted by Crippen LogP contribution is 2.42. The van der Waals surface area contributed by atoms with Gasteiger partial charge in [-0.2, -0.15) is 0 Å². The molecule has 0 saturated heterocycles. The van der Waals surface area contributed by atoms with E-state index in [1.807, 2.05) is 11.4 Å². The van der Waals surface area contributed by atoms with E-state index in [1.165, 1.54) is 17.8 Å². The Morgan fingerprint density at radius 1 is 1.26 bits per heavy atom. The molecule has 1 saturated carbocycles. The monoisotopic (exact) mass is 365 g/mol. The van der Waals surface area contributed by atoms with Crippen molar-refractivity contribution in [1.82, 2.24) is 14.8 Å². The van der Waals surface area contributed by atoms with E-state index in [0.717, 1.165) is 28.7 Å². The van der Waals surface area contributed by atoms with E-state index >= 15 is 0 Å². The van der Waals surface area contributed by atoms with E-state index in [0.29, 0.717) is 22.4 Å². The molecule has 3 aromatic rings. The third-order valence-electron chi connectivity index (χ3n) is 3.73. The number of halogens is 2. The molecule has 1 aliphatic carbocycles. The molecule has 0 radical (unpaired) electrons. The Morgan fingerprint density at radius 2 is 2.13 bits per heavy atom. The molecule has 3 nitrogen and oxygen atoms in total. The van der Waals surface area contributed by atoms with E-state index in [4.69, 9.17) is 11.6 Å². The lowest BCUT2D eigenvalue weighted by molar-refractivity contribution is 0.617. The van der Waals surface area contributed by atoms with Gasteiger partial charge in [0.15, 0.2) is 11.0 Å². The van der Waals surface area contributed by atoms with Crippen LogP contribution in [0.3, 0.4) is 0 Å². The van der Waals surface area contributed by atoms with E-state index in [2.05, 4.69) is 20.8 Å². The number of rotatable bonds is 5. The molecule has 0 amide bonds. The fourth-order valence-corrected chi connectivity index (χ4v) is 4.47. The maximum Gasteiger partial charge on any atom is 0.192 e. The molecule has 1 aromatic carbocycles. The Balaban J connectivity index is 1.62. The molecule has 23 heavy (non-hydrogen) atoms. The second kappa shape index (κ2) is 6.26. The lowest BCUT2D eigenvalue weighted by Gasteiger charge is -2.09. The molecule has 118 valence electrons. The third kappa shape index (κ3) is 3.03. The van der Waals surface area contributed by atoms with Crippen molar-refractivity contribution in [2.24, 2.45) is 0 Å². The molecule has 0 N–H and O–H groups in total. The van der Waals surface area contributed by atoms with Crippen LogP contribution >= 0.6 is 34.7 Å². The first-order chi connectivity index (χ1) is 11.2. The summed E-state index contributed by atoms with van der Waals surface area (Å²) in [5, 5.41) is 12.0. The number of hydrogen-bond acceptors (Lipinski definition) is 4. The van der Waals surface area contributed by atoms with Crippen LogP contribution in [0.15, 0.2) is 40.9 Å². The van der Waals surface area contributed by atoms with Crippen molar-refractivity contribution in [2.75, 3.05) is 0 Å². The Kier molecular flexibility index (Phi) is 4.13. The Morgan fingerprint density at radius 3 is 2.83 bits per heavy atom. The van der Waals surface area contributed by atoms with Gasteiger partial charge in [0.25, 0.3) is 0 Å². The van der Waals surface area contributed by atoms with Crippen molar-refractivity contribution < 1.29 is 4.39 Å². The van der Waals surface area contributed by atoms with Gasteiger partial charge in [0, 0.05) is 22.4 Å². The van der Waals surface area contributed by atoms with Gasteiger partial charge >= 0.3 is 0 Å². The summed E-state index contributed by atoms with van der Waals surface area (Å²) in [6, 6.07) is 9.29. The molecule has 2 heterocycles. The predicted molar refractivity (Wildman–Crippen MR) is 92.6 cm³/mol.